The molecular formula is C18H24N2OS. The molecule has 2 heterocycles. The van der Waals surface area contributed by atoms with Crippen LogP contribution < -0.4 is 0 Å². The number of aliphatic hydroxyl groups excluding tert-OH is 1. The smallest absolute Gasteiger partial charge is 0.123 e. The van der Waals surface area contributed by atoms with E-state index in [1.54, 1.807) is 11.3 Å². The summed E-state index contributed by atoms with van der Waals surface area (Å²) in [6.07, 6.45) is 6.60. The maximum atomic E-state index is 9.02. The molecule has 3 rings (SSSR count). The van der Waals surface area contributed by atoms with Crippen molar-refractivity contribution in [2.75, 3.05) is 13.2 Å². The molecule has 118 valence electrons. The summed E-state index contributed by atoms with van der Waals surface area (Å²) in [5, 5.41) is 10.1. The van der Waals surface area contributed by atoms with Gasteiger partial charge >= 0.3 is 0 Å². The van der Waals surface area contributed by atoms with Crippen molar-refractivity contribution in [3.8, 4) is 10.6 Å². The lowest BCUT2D eigenvalue weighted by Gasteiger charge is -2.23. The van der Waals surface area contributed by atoms with Crippen molar-refractivity contribution in [2.24, 2.45) is 0 Å². The third kappa shape index (κ3) is 3.75. The normalized spacial score (nSPS) is 18.9. The Labute approximate surface area is 136 Å². The van der Waals surface area contributed by atoms with Gasteiger partial charge in [-0.25, -0.2) is 4.98 Å². The van der Waals surface area contributed by atoms with E-state index in [1.165, 1.54) is 35.4 Å². The second kappa shape index (κ2) is 7.36. The Kier molecular flexibility index (Phi) is 5.24. The predicted molar refractivity (Wildman–Crippen MR) is 92.0 cm³/mol. The lowest BCUT2D eigenvalue weighted by molar-refractivity contribution is 0.211. The molecule has 1 fully saturated rings. The van der Waals surface area contributed by atoms with Crippen molar-refractivity contribution in [1.82, 2.24) is 9.88 Å². The van der Waals surface area contributed by atoms with Crippen LogP contribution in [-0.2, 0) is 6.54 Å². The van der Waals surface area contributed by atoms with Crippen LogP contribution in [0.2, 0.25) is 0 Å². The van der Waals surface area contributed by atoms with E-state index in [-0.39, 0.29) is 0 Å². The van der Waals surface area contributed by atoms with Gasteiger partial charge in [-0.15, -0.1) is 11.3 Å². The Hall–Kier alpha value is -1.23. The van der Waals surface area contributed by atoms with Crippen molar-refractivity contribution >= 4 is 11.3 Å². The average Bonchev–Trinajstić information content (AvgIpc) is 3.16. The molecule has 1 aliphatic heterocycles. The number of nitrogens with zero attached hydrogens (tertiary/aromatic N) is 2. The molecule has 1 atom stereocenters. The maximum Gasteiger partial charge on any atom is 0.123 e. The maximum absolute atomic E-state index is 9.02. The highest BCUT2D eigenvalue weighted by Crippen LogP contribution is 2.29. The molecular weight excluding hydrogens is 292 g/mol. The summed E-state index contributed by atoms with van der Waals surface area (Å²) >= 11 is 1.80. The first kappa shape index (κ1) is 15.7. The SMILES string of the molecule is Cc1ccc(-c2ncc(CN3CCCC3CCCO)s2)cc1. The number of hydrogen-bond acceptors (Lipinski definition) is 4. The number of thiazole rings is 1. The summed E-state index contributed by atoms with van der Waals surface area (Å²) in [6.45, 7) is 4.59. The standard InChI is InChI=1S/C18H24N2OS/c1-14-6-8-15(9-7-14)18-19-12-17(22-18)13-20-10-2-4-16(20)5-3-11-21/h6-9,12,16,21H,2-5,10-11,13H2,1H3. The summed E-state index contributed by atoms with van der Waals surface area (Å²) in [5.74, 6) is 0. The molecule has 0 aliphatic carbocycles. The van der Waals surface area contributed by atoms with Crippen LogP contribution in [0, 0.1) is 6.92 Å². The zero-order valence-electron chi connectivity index (χ0n) is 13.2. The van der Waals surface area contributed by atoms with Crippen LogP contribution in [0.3, 0.4) is 0 Å². The van der Waals surface area contributed by atoms with E-state index >= 15 is 0 Å². The van der Waals surface area contributed by atoms with Crippen LogP contribution in [0.1, 0.15) is 36.1 Å². The fourth-order valence-electron chi connectivity index (χ4n) is 3.17. The number of benzene rings is 1. The quantitative estimate of drug-likeness (QED) is 0.879. The Balaban J connectivity index is 1.65. The Morgan fingerprint density at radius 3 is 2.91 bits per heavy atom. The Bertz CT molecular complexity index is 593. The van der Waals surface area contributed by atoms with Crippen molar-refractivity contribution in [2.45, 2.75) is 45.2 Å². The molecule has 1 aromatic heterocycles. The second-order valence-electron chi connectivity index (χ2n) is 6.13. The third-order valence-corrected chi connectivity index (χ3v) is 5.44. The fourth-order valence-corrected chi connectivity index (χ4v) is 4.11. The van der Waals surface area contributed by atoms with Gasteiger partial charge in [0.25, 0.3) is 0 Å². The van der Waals surface area contributed by atoms with Gasteiger partial charge < -0.3 is 5.11 Å². The van der Waals surface area contributed by atoms with Crippen molar-refractivity contribution < 1.29 is 5.11 Å². The summed E-state index contributed by atoms with van der Waals surface area (Å²) in [5.41, 5.74) is 2.49. The molecule has 0 amide bonds. The van der Waals surface area contributed by atoms with Crippen LogP contribution >= 0.6 is 11.3 Å². The predicted octanol–water partition coefficient (Wildman–Crippen LogP) is 3.86. The number of aliphatic hydroxyl groups is 1. The van der Waals surface area contributed by atoms with Crippen LogP contribution in [0.25, 0.3) is 10.6 Å². The first-order chi connectivity index (χ1) is 10.8. The zero-order chi connectivity index (χ0) is 15.4. The molecule has 0 radical (unpaired) electrons. The Morgan fingerprint density at radius 1 is 1.32 bits per heavy atom. The van der Waals surface area contributed by atoms with E-state index in [0.29, 0.717) is 12.6 Å². The van der Waals surface area contributed by atoms with Crippen molar-refractivity contribution in [3.05, 3.63) is 40.9 Å². The minimum absolute atomic E-state index is 0.308. The molecule has 3 nitrogen and oxygen atoms in total. The highest BCUT2D eigenvalue weighted by molar-refractivity contribution is 7.15. The molecule has 1 N–H and O–H groups in total. The van der Waals surface area contributed by atoms with Crippen LogP contribution in [0.5, 0.6) is 0 Å². The number of likely N-dealkylation sites (tertiary alicyclic amines) is 1. The molecule has 4 heteroatoms. The molecule has 0 spiro atoms. The van der Waals surface area contributed by atoms with Gasteiger partial charge in [0.15, 0.2) is 0 Å². The summed E-state index contributed by atoms with van der Waals surface area (Å²) in [7, 11) is 0. The summed E-state index contributed by atoms with van der Waals surface area (Å²) in [6, 6.07) is 9.22. The van der Waals surface area contributed by atoms with Gasteiger partial charge in [0.05, 0.1) is 0 Å². The fraction of sp³-hybridized carbons (Fsp3) is 0.500. The number of aromatic nitrogens is 1. The lowest BCUT2D eigenvalue weighted by Crippen LogP contribution is -2.28. The largest absolute Gasteiger partial charge is 0.396 e. The van der Waals surface area contributed by atoms with Gasteiger partial charge in [-0.2, -0.15) is 0 Å². The molecule has 1 unspecified atom stereocenters. The molecule has 0 bridgehead atoms. The monoisotopic (exact) mass is 316 g/mol. The van der Waals surface area contributed by atoms with Gasteiger partial charge in [-0.1, -0.05) is 29.8 Å². The lowest BCUT2D eigenvalue weighted by atomic mass is 10.1. The van der Waals surface area contributed by atoms with E-state index < -0.39 is 0 Å². The van der Waals surface area contributed by atoms with Gasteiger partial charge in [-0.05, 0) is 39.2 Å². The van der Waals surface area contributed by atoms with E-state index in [2.05, 4.69) is 41.1 Å². The highest BCUT2D eigenvalue weighted by atomic mass is 32.1. The minimum atomic E-state index is 0.308. The van der Waals surface area contributed by atoms with Gasteiger partial charge in [0.1, 0.15) is 5.01 Å². The molecule has 22 heavy (non-hydrogen) atoms. The van der Waals surface area contributed by atoms with Crippen LogP contribution in [0.15, 0.2) is 30.5 Å². The Morgan fingerprint density at radius 2 is 2.14 bits per heavy atom. The highest BCUT2D eigenvalue weighted by Gasteiger charge is 2.24. The van der Waals surface area contributed by atoms with Crippen molar-refractivity contribution in [1.29, 1.82) is 0 Å². The third-order valence-electron chi connectivity index (χ3n) is 4.41. The van der Waals surface area contributed by atoms with Gasteiger partial charge in [-0.3, -0.25) is 4.90 Å². The number of rotatable bonds is 6. The van der Waals surface area contributed by atoms with Gasteiger partial charge in [0.2, 0.25) is 0 Å². The van der Waals surface area contributed by atoms with Crippen LogP contribution in [0.4, 0.5) is 0 Å². The first-order valence-corrected chi connectivity index (χ1v) is 8.94. The van der Waals surface area contributed by atoms with E-state index in [0.717, 1.165) is 24.4 Å². The van der Waals surface area contributed by atoms with E-state index in [9.17, 15) is 0 Å². The van der Waals surface area contributed by atoms with Gasteiger partial charge in [0, 0.05) is 35.8 Å². The molecule has 1 aromatic carbocycles. The zero-order valence-corrected chi connectivity index (χ0v) is 14.0. The topological polar surface area (TPSA) is 36.4 Å². The van der Waals surface area contributed by atoms with E-state index in [1.807, 2.05) is 6.20 Å². The second-order valence-corrected chi connectivity index (χ2v) is 7.25. The molecule has 0 saturated carbocycles. The molecule has 1 saturated heterocycles. The number of aryl methyl sites for hydroxylation is 1. The first-order valence-electron chi connectivity index (χ1n) is 8.13. The van der Waals surface area contributed by atoms with Crippen LogP contribution in [-0.4, -0.2) is 34.2 Å². The minimum Gasteiger partial charge on any atom is -0.396 e. The molecule has 1 aliphatic rings. The van der Waals surface area contributed by atoms with Crippen molar-refractivity contribution in [3.63, 3.8) is 0 Å². The number of hydrogen-bond donors (Lipinski definition) is 1. The summed E-state index contributed by atoms with van der Waals surface area (Å²) < 4.78 is 0. The average molecular weight is 316 g/mol. The summed E-state index contributed by atoms with van der Waals surface area (Å²) in [4.78, 5) is 8.49. The van der Waals surface area contributed by atoms with E-state index in [4.69, 9.17) is 5.11 Å². The molecule has 2 aromatic rings.